The van der Waals surface area contributed by atoms with Crippen molar-refractivity contribution < 1.29 is 27.9 Å². The molecule has 2 aromatic carbocycles. The average Bonchev–Trinajstić information content (AvgIpc) is 2.59. The lowest BCUT2D eigenvalue weighted by Crippen LogP contribution is -2.21. The van der Waals surface area contributed by atoms with Crippen molar-refractivity contribution in [2.24, 2.45) is 0 Å². The van der Waals surface area contributed by atoms with Crippen molar-refractivity contribution in [3.05, 3.63) is 47.5 Å². The Morgan fingerprint density at radius 1 is 1.21 bits per heavy atom. The zero-order chi connectivity index (χ0) is 21.8. The summed E-state index contributed by atoms with van der Waals surface area (Å²) in [6.45, 7) is 5.26. The predicted molar refractivity (Wildman–Crippen MR) is 111 cm³/mol. The number of aromatic hydroxyl groups is 1. The molecule has 29 heavy (non-hydrogen) atoms. The van der Waals surface area contributed by atoms with Crippen LogP contribution in [0.2, 0.25) is 0 Å². The third kappa shape index (κ3) is 6.49. The lowest BCUT2D eigenvalue weighted by atomic mass is 9.85. The van der Waals surface area contributed by atoms with E-state index in [4.69, 9.17) is 4.74 Å². The molecule has 0 aromatic heterocycles. The van der Waals surface area contributed by atoms with Gasteiger partial charge in [0.05, 0.1) is 17.6 Å². The van der Waals surface area contributed by atoms with E-state index in [0.29, 0.717) is 23.1 Å². The normalized spacial score (nSPS) is 11.6. The van der Waals surface area contributed by atoms with Crippen molar-refractivity contribution in [1.29, 1.82) is 0 Å². The molecule has 8 nitrogen and oxygen atoms in total. The quantitative estimate of drug-likeness (QED) is 0.468. The second-order valence-corrected chi connectivity index (χ2v) is 9.32. The van der Waals surface area contributed by atoms with Gasteiger partial charge in [0.2, 0.25) is 10.0 Å². The summed E-state index contributed by atoms with van der Waals surface area (Å²) in [5.41, 5.74) is 0.824. The largest absolute Gasteiger partial charge is 0.505 e. The molecule has 0 bridgehead atoms. The van der Waals surface area contributed by atoms with Gasteiger partial charge in [0.25, 0.3) is 5.91 Å². The van der Waals surface area contributed by atoms with E-state index < -0.39 is 21.3 Å². The third-order valence-corrected chi connectivity index (χ3v) is 4.46. The lowest BCUT2D eigenvalue weighted by molar-refractivity contribution is -0.118. The summed E-state index contributed by atoms with van der Waals surface area (Å²) in [5, 5.41) is 13.0. The van der Waals surface area contributed by atoms with Gasteiger partial charge < -0.3 is 15.2 Å². The molecule has 9 heteroatoms. The number of hydrogen-bond donors (Lipinski definition) is 3. The molecule has 0 aliphatic rings. The molecule has 0 heterocycles. The molecule has 0 aliphatic heterocycles. The summed E-state index contributed by atoms with van der Waals surface area (Å²) in [6, 6.07) is 9.10. The van der Waals surface area contributed by atoms with Crippen molar-refractivity contribution in [3.63, 3.8) is 0 Å². The number of hydrogen-bond acceptors (Lipinski definition) is 6. The Bertz CT molecular complexity index is 1030. The first-order valence-electron chi connectivity index (χ1n) is 8.72. The van der Waals surface area contributed by atoms with Crippen molar-refractivity contribution in [3.8, 4) is 11.5 Å². The number of amides is 1. The maximum absolute atomic E-state index is 12.3. The molecule has 0 fully saturated rings. The molecule has 0 unspecified atom stereocenters. The molecule has 0 radical (unpaired) electrons. The first kappa shape index (κ1) is 22.2. The number of benzene rings is 2. The first-order valence-corrected chi connectivity index (χ1v) is 10.6. The highest BCUT2D eigenvalue weighted by molar-refractivity contribution is 7.92. The number of anilines is 2. The van der Waals surface area contributed by atoms with E-state index in [2.05, 4.69) is 10.0 Å². The maximum atomic E-state index is 12.3. The SMILES string of the molecule is CC(C)(C)c1cc(C=O)cc(NC(=O)COc2cccc(NS(C)(=O)=O)c2)c1O. The fraction of sp³-hybridized carbons (Fsp3) is 0.300. The molecule has 0 saturated carbocycles. The monoisotopic (exact) mass is 420 g/mol. The number of nitrogens with one attached hydrogen (secondary N) is 2. The second kappa shape index (κ2) is 8.52. The highest BCUT2D eigenvalue weighted by Gasteiger charge is 2.22. The highest BCUT2D eigenvalue weighted by Crippen LogP contribution is 2.37. The average molecular weight is 420 g/mol. The second-order valence-electron chi connectivity index (χ2n) is 7.57. The van der Waals surface area contributed by atoms with E-state index in [1.54, 1.807) is 24.3 Å². The van der Waals surface area contributed by atoms with Gasteiger partial charge in [-0.3, -0.25) is 14.3 Å². The maximum Gasteiger partial charge on any atom is 0.262 e. The number of carbonyl (C=O) groups is 2. The number of rotatable bonds is 7. The Kier molecular flexibility index (Phi) is 6.53. The smallest absolute Gasteiger partial charge is 0.262 e. The van der Waals surface area contributed by atoms with Crippen LogP contribution >= 0.6 is 0 Å². The van der Waals surface area contributed by atoms with Crippen LogP contribution in [0.5, 0.6) is 11.5 Å². The van der Waals surface area contributed by atoms with Gasteiger partial charge in [0, 0.05) is 17.2 Å². The van der Waals surface area contributed by atoms with Gasteiger partial charge in [0.1, 0.15) is 17.8 Å². The van der Waals surface area contributed by atoms with Crippen LogP contribution in [-0.2, 0) is 20.2 Å². The summed E-state index contributed by atoms with van der Waals surface area (Å²) >= 11 is 0. The molecule has 0 aliphatic carbocycles. The van der Waals surface area contributed by atoms with Crippen LogP contribution in [0, 0.1) is 0 Å². The van der Waals surface area contributed by atoms with Crippen LogP contribution in [0.4, 0.5) is 11.4 Å². The Morgan fingerprint density at radius 2 is 1.90 bits per heavy atom. The number of aldehydes is 1. The van der Waals surface area contributed by atoms with Gasteiger partial charge in [-0.05, 0) is 29.7 Å². The molecule has 156 valence electrons. The highest BCUT2D eigenvalue weighted by atomic mass is 32.2. The number of phenolic OH excluding ortho intramolecular Hbond substituents is 1. The van der Waals surface area contributed by atoms with E-state index >= 15 is 0 Å². The molecule has 1 amide bonds. The van der Waals surface area contributed by atoms with Crippen LogP contribution in [0.25, 0.3) is 0 Å². The van der Waals surface area contributed by atoms with Gasteiger partial charge in [-0.15, -0.1) is 0 Å². The van der Waals surface area contributed by atoms with E-state index in [0.717, 1.165) is 6.26 Å². The van der Waals surface area contributed by atoms with Gasteiger partial charge in [-0.1, -0.05) is 26.8 Å². The number of ether oxygens (including phenoxy) is 1. The minimum Gasteiger partial charge on any atom is -0.505 e. The van der Waals surface area contributed by atoms with Crippen molar-refractivity contribution in [2.45, 2.75) is 26.2 Å². The van der Waals surface area contributed by atoms with E-state index in [1.807, 2.05) is 20.8 Å². The topological polar surface area (TPSA) is 122 Å². The number of sulfonamides is 1. The predicted octanol–water partition coefficient (Wildman–Crippen LogP) is 2.89. The molecule has 0 atom stereocenters. The Hall–Kier alpha value is -3.07. The van der Waals surface area contributed by atoms with Crippen molar-refractivity contribution in [2.75, 3.05) is 22.9 Å². The minimum atomic E-state index is -3.43. The summed E-state index contributed by atoms with van der Waals surface area (Å²) in [4.78, 5) is 23.5. The fourth-order valence-corrected chi connectivity index (χ4v) is 3.15. The number of carbonyl (C=O) groups excluding carboxylic acids is 2. The molecular formula is C20H24N2O6S. The number of phenols is 1. The third-order valence-electron chi connectivity index (χ3n) is 3.86. The zero-order valence-corrected chi connectivity index (χ0v) is 17.5. The van der Waals surface area contributed by atoms with Crippen LogP contribution in [0.15, 0.2) is 36.4 Å². The zero-order valence-electron chi connectivity index (χ0n) is 16.6. The molecule has 2 aromatic rings. The van der Waals surface area contributed by atoms with Crippen LogP contribution < -0.4 is 14.8 Å². The van der Waals surface area contributed by atoms with Gasteiger partial charge in [-0.25, -0.2) is 8.42 Å². The standard InChI is InChI=1S/C20H24N2O6S/c1-20(2,3)16-8-13(11-23)9-17(19(16)25)21-18(24)12-28-15-7-5-6-14(10-15)22-29(4,26)27/h5-11,22,25H,12H2,1-4H3,(H,21,24). The molecule has 0 saturated heterocycles. The fourth-order valence-electron chi connectivity index (χ4n) is 2.59. The first-order chi connectivity index (χ1) is 13.4. The molecule has 0 spiro atoms. The minimum absolute atomic E-state index is 0.112. The summed E-state index contributed by atoms with van der Waals surface area (Å²) in [6.07, 6.45) is 1.67. The van der Waals surface area contributed by atoms with Crippen LogP contribution in [0.1, 0.15) is 36.7 Å². The van der Waals surface area contributed by atoms with Crippen molar-refractivity contribution in [1.82, 2.24) is 0 Å². The molecule has 3 N–H and O–H groups in total. The van der Waals surface area contributed by atoms with Crippen LogP contribution in [-0.4, -0.2) is 38.6 Å². The lowest BCUT2D eigenvalue weighted by Gasteiger charge is -2.22. The van der Waals surface area contributed by atoms with E-state index in [9.17, 15) is 23.1 Å². The summed E-state index contributed by atoms with van der Waals surface area (Å²) in [5.74, 6) is -0.379. The Balaban J connectivity index is 2.12. The van der Waals surface area contributed by atoms with Crippen LogP contribution in [0.3, 0.4) is 0 Å². The molecule has 2 rings (SSSR count). The van der Waals surface area contributed by atoms with E-state index in [-0.39, 0.29) is 23.8 Å². The van der Waals surface area contributed by atoms with Crippen molar-refractivity contribution >= 4 is 33.6 Å². The van der Waals surface area contributed by atoms with Gasteiger partial charge >= 0.3 is 0 Å². The van der Waals surface area contributed by atoms with Gasteiger partial charge in [0.15, 0.2) is 6.61 Å². The molecular weight excluding hydrogens is 396 g/mol. The summed E-state index contributed by atoms with van der Waals surface area (Å²) < 4.78 is 30.3. The Labute approximate surface area is 169 Å². The summed E-state index contributed by atoms with van der Waals surface area (Å²) in [7, 11) is -3.43. The van der Waals surface area contributed by atoms with Gasteiger partial charge in [-0.2, -0.15) is 0 Å². The van der Waals surface area contributed by atoms with E-state index in [1.165, 1.54) is 12.1 Å². The Morgan fingerprint density at radius 3 is 2.48 bits per heavy atom.